The second kappa shape index (κ2) is 7.99. The van der Waals surface area contributed by atoms with E-state index in [9.17, 15) is 5.11 Å². The molecule has 3 N–H and O–H groups in total. The second-order valence-electron chi connectivity index (χ2n) is 7.73. The van der Waals surface area contributed by atoms with Gasteiger partial charge in [-0.25, -0.2) is 9.67 Å². The van der Waals surface area contributed by atoms with Crippen LogP contribution in [0.1, 0.15) is 24.4 Å². The number of rotatable bonds is 5. The summed E-state index contributed by atoms with van der Waals surface area (Å²) in [6, 6.07) is 17.4. The highest BCUT2D eigenvalue weighted by Crippen LogP contribution is 2.34. The number of fused-ring (bicyclic) bond motifs is 1. The Kier molecular flexibility index (Phi) is 5.01. The van der Waals surface area contributed by atoms with Crippen LogP contribution in [0.25, 0.3) is 39.2 Å². The van der Waals surface area contributed by atoms with Gasteiger partial charge in [0.1, 0.15) is 0 Å². The number of aliphatic hydroxyl groups excluding tert-OH is 1. The third kappa shape index (κ3) is 3.45. The lowest BCUT2D eigenvalue weighted by molar-refractivity contribution is 0.276. The Balaban J connectivity index is 1.78. The maximum atomic E-state index is 9.52. The molecule has 0 bridgehead atoms. The Bertz CT molecular complexity index is 1420. The number of nitrogens with two attached hydrogens (primary N) is 1. The summed E-state index contributed by atoms with van der Waals surface area (Å²) in [6.07, 6.45) is 3.61. The lowest BCUT2D eigenvalue weighted by atomic mass is 10.0. The van der Waals surface area contributed by atoms with Crippen LogP contribution in [0, 0.1) is 0 Å². The van der Waals surface area contributed by atoms with Crippen molar-refractivity contribution in [2.75, 3.05) is 0 Å². The predicted octanol–water partition coefficient (Wildman–Crippen LogP) is 3.40. The molecule has 8 heteroatoms. The minimum absolute atomic E-state index is 0.132. The van der Waals surface area contributed by atoms with E-state index >= 15 is 0 Å². The Morgan fingerprint density at radius 1 is 1.03 bits per heavy atom. The number of pyridine rings is 2. The molecular weight excluding hydrogens is 402 g/mol. The fourth-order valence-corrected chi connectivity index (χ4v) is 3.85. The van der Waals surface area contributed by atoms with E-state index in [0.29, 0.717) is 11.5 Å². The fourth-order valence-electron chi connectivity index (χ4n) is 3.85. The number of aryl methyl sites for hydroxylation is 1. The molecule has 32 heavy (non-hydrogen) atoms. The van der Waals surface area contributed by atoms with Crippen LogP contribution in [0.4, 0.5) is 0 Å². The molecule has 0 aliphatic heterocycles. The van der Waals surface area contributed by atoms with E-state index in [1.807, 2.05) is 61.2 Å². The highest BCUT2D eigenvalue weighted by Gasteiger charge is 2.17. The van der Waals surface area contributed by atoms with Crippen molar-refractivity contribution in [3.8, 4) is 28.3 Å². The molecule has 0 fully saturated rings. The van der Waals surface area contributed by atoms with E-state index < -0.39 is 0 Å². The van der Waals surface area contributed by atoms with Crippen molar-refractivity contribution in [1.82, 2.24) is 29.5 Å². The normalized spacial score (nSPS) is 12.4. The van der Waals surface area contributed by atoms with Gasteiger partial charge in [0.15, 0.2) is 5.82 Å². The Morgan fingerprint density at radius 3 is 2.62 bits per heavy atom. The first-order valence-electron chi connectivity index (χ1n) is 10.4. The SMILES string of the molecule is C[C@H](N)c1cccc(-c2cc(-c3ccnn3C)c3cnn(-c4cccc(CO)n4)c3c2)n1. The molecule has 160 valence electrons. The van der Waals surface area contributed by atoms with Crippen molar-refractivity contribution in [3.63, 3.8) is 0 Å². The summed E-state index contributed by atoms with van der Waals surface area (Å²) in [5.41, 5.74) is 12.1. The summed E-state index contributed by atoms with van der Waals surface area (Å²) in [4.78, 5) is 9.32. The molecule has 1 aromatic carbocycles. The molecule has 4 aromatic heterocycles. The molecule has 1 atom stereocenters. The third-order valence-corrected chi connectivity index (χ3v) is 5.49. The van der Waals surface area contributed by atoms with Crippen LogP contribution in [-0.2, 0) is 13.7 Å². The van der Waals surface area contributed by atoms with Gasteiger partial charge in [-0.15, -0.1) is 0 Å². The third-order valence-electron chi connectivity index (χ3n) is 5.49. The zero-order valence-corrected chi connectivity index (χ0v) is 17.8. The molecule has 0 saturated carbocycles. The Labute approximate surface area is 185 Å². The van der Waals surface area contributed by atoms with Crippen molar-refractivity contribution in [2.24, 2.45) is 12.8 Å². The average Bonchev–Trinajstić information content (AvgIpc) is 3.44. The largest absolute Gasteiger partial charge is 0.390 e. The predicted molar refractivity (Wildman–Crippen MR) is 123 cm³/mol. The smallest absolute Gasteiger partial charge is 0.154 e. The number of hydrogen-bond acceptors (Lipinski definition) is 6. The van der Waals surface area contributed by atoms with Crippen LogP contribution >= 0.6 is 0 Å². The van der Waals surface area contributed by atoms with Crippen molar-refractivity contribution in [2.45, 2.75) is 19.6 Å². The Morgan fingerprint density at radius 2 is 1.88 bits per heavy atom. The number of benzene rings is 1. The highest BCUT2D eigenvalue weighted by molar-refractivity contribution is 5.97. The first-order valence-corrected chi connectivity index (χ1v) is 10.4. The van der Waals surface area contributed by atoms with E-state index in [1.54, 1.807) is 16.9 Å². The topological polar surface area (TPSA) is 108 Å². The molecule has 0 radical (unpaired) electrons. The summed E-state index contributed by atoms with van der Waals surface area (Å²) in [5.74, 6) is 0.636. The number of nitrogens with zero attached hydrogens (tertiary/aromatic N) is 6. The minimum atomic E-state index is -0.161. The van der Waals surface area contributed by atoms with Crippen LogP contribution < -0.4 is 5.73 Å². The molecule has 0 unspecified atom stereocenters. The van der Waals surface area contributed by atoms with Crippen molar-refractivity contribution >= 4 is 10.9 Å². The van der Waals surface area contributed by atoms with Gasteiger partial charge in [-0.2, -0.15) is 10.2 Å². The maximum Gasteiger partial charge on any atom is 0.154 e. The van der Waals surface area contributed by atoms with Crippen LogP contribution in [0.15, 0.2) is 67.0 Å². The quantitative estimate of drug-likeness (QED) is 0.447. The molecule has 5 rings (SSSR count). The second-order valence-corrected chi connectivity index (χ2v) is 7.73. The lowest BCUT2D eigenvalue weighted by Gasteiger charge is -2.12. The molecule has 0 aliphatic carbocycles. The van der Waals surface area contributed by atoms with Gasteiger partial charge in [0.2, 0.25) is 0 Å². The molecule has 0 amide bonds. The van der Waals surface area contributed by atoms with E-state index in [1.165, 1.54) is 0 Å². The summed E-state index contributed by atoms with van der Waals surface area (Å²) in [6.45, 7) is 1.79. The fraction of sp³-hybridized carbons (Fsp3) is 0.167. The maximum absolute atomic E-state index is 9.52. The highest BCUT2D eigenvalue weighted by atomic mass is 16.3. The van der Waals surface area contributed by atoms with E-state index in [4.69, 9.17) is 10.7 Å². The van der Waals surface area contributed by atoms with Crippen molar-refractivity contribution < 1.29 is 5.11 Å². The summed E-state index contributed by atoms with van der Waals surface area (Å²) in [7, 11) is 1.92. The van der Waals surface area contributed by atoms with Gasteiger partial charge in [-0.05, 0) is 49.4 Å². The minimum Gasteiger partial charge on any atom is -0.390 e. The molecule has 0 saturated heterocycles. The Hall–Kier alpha value is -3.88. The van der Waals surface area contributed by atoms with Gasteiger partial charge in [0, 0.05) is 35.8 Å². The van der Waals surface area contributed by atoms with Crippen molar-refractivity contribution in [1.29, 1.82) is 0 Å². The van der Waals surface area contributed by atoms with E-state index in [-0.39, 0.29) is 12.6 Å². The van der Waals surface area contributed by atoms with E-state index in [2.05, 4.69) is 27.3 Å². The molecule has 4 heterocycles. The van der Waals surface area contributed by atoms with Gasteiger partial charge >= 0.3 is 0 Å². The average molecular weight is 425 g/mol. The van der Waals surface area contributed by atoms with Crippen LogP contribution in [0.3, 0.4) is 0 Å². The lowest BCUT2D eigenvalue weighted by Crippen LogP contribution is -2.07. The standard InChI is InChI=1S/C24H23N7O/c1-15(25)20-6-4-7-21(29-20)16-11-18(22-9-10-26-30(22)2)19-13-27-31(23(19)12-16)24-8-3-5-17(14-32)28-24/h3-13,15,32H,14,25H2,1-2H3/t15-/m0/s1. The number of aliphatic hydroxyl groups is 1. The first kappa shape index (κ1) is 20.0. The van der Waals surface area contributed by atoms with Crippen LogP contribution in [0.5, 0.6) is 0 Å². The molecule has 8 nitrogen and oxygen atoms in total. The van der Waals surface area contributed by atoms with E-state index in [0.717, 1.165) is 39.1 Å². The summed E-state index contributed by atoms with van der Waals surface area (Å²) >= 11 is 0. The van der Waals surface area contributed by atoms with Gasteiger partial charge in [-0.1, -0.05) is 12.1 Å². The van der Waals surface area contributed by atoms with Gasteiger partial charge in [0.25, 0.3) is 0 Å². The number of hydrogen-bond donors (Lipinski definition) is 2. The first-order chi connectivity index (χ1) is 15.5. The molecular formula is C24H23N7O. The van der Waals surface area contributed by atoms with Gasteiger partial charge in [0.05, 0.1) is 41.1 Å². The molecule has 0 aliphatic rings. The van der Waals surface area contributed by atoms with Crippen LogP contribution in [-0.4, -0.2) is 34.6 Å². The zero-order chi connectivity index (χ0) is 22.2. The van der Waals surface area contributed by atoms with Gasteiger partial charge in [-0.3, -0.25) is 9.67 Å². The van der Waals surface area contributed by atoms with Crippen LogP contribution in [0.2, 0.25) is 0 Å². The zero-order valence-electron chi connectivity index (χ0n) is 17.8. The number of aromatic nitrogens is 6. The monoisotopic (exact) mass is 425 g/mol. The van der Waals surface area contributed by atoms with Crippen molar-refractivity contribution in [3.05, 3.63) is 78.4 Å². The van der Waals surface area contributed by atoms with Gasteiger partial charge < -0.3 is 10.8 Å². The molecule has 0 spiro atoms. The summed E-state index contributed by atoms with van der Waals surface area (Å²) < 4.78 is 3.62. The molecule has 5 aromatic rings. The summed E-state index contributed by atoms with van der Waals surface area (Å²) in [5, 5.41) is 19.5.